The molecular weight excluding hydrogens is 253 g/mol. The van der Waals surface area contributed by atoms with Crippen molar-refractivity contribution in [2.24, 2.45) is 0 Å². The normalized spacial score (nSPS) is 10.3. The van der Waals surface area contributed by atoms with Gasteiger partial charge in [0.1, 0.15) is 5.82 Å². The molecule has 2 aromatic carbocycles. The largest absolute Gasteiger partial charge is 0.399 e. The van der Waals surface area contributed by atoms with Crippen LogP contribution in [0.3, 0.4) is 0 Å². The Morgan fingerprint density at radius 3 is 2.50 bits per heavy atom. The lowest BCUT2D eigenvalue weighted by molar-refractivity contribution is 0.0992. The van der Waals surface area contributed by atoms with Crippen LogP contribution in [0.15, 0.2) is 42.5 Å². The second kappa shape index (κ2) is 5.19. The summed E-state index contributed by atoms with van der Waals surface area (Å²) in [5.41, 5.74) is 7.21. The van der Waals surface area contributed by atoms with Gasteiger partial charge in [0.2, 0.25) is 0 Å². The number of anilines is 1. The Balaban J connectivity index is 2.21. The first-order chi connectivity index (χ1) is 8.56. The molecule has 0 aliphatic carbocycles. The Bertz CT molecular complexity index is 581. The molecule has 0 fully saturated rings. The molecule has 0 amide bonds. The third kappa shape index (κ3) is 2.87. The molecule has 0 heterocycles. The molecule has 2 aromatic rings. The number of carbonyl (C=O) groups is 1. The second-order valence-corrected chi connectivity index (χ2v) is 4.37. The highest BCUT2D eigenvalue weighted by molar-refractivity contribution is 6.34. The molecule has 2 N–H and O–H groups in total. The smallest absolute Gasteiger partial charge is 0.168 e. The first kappa shape index (κ1) is 12.6. The molecule has 0 aliphatic heterocycles. The van der Waals surface area contributed by atoms with Gasteiger partial charge in [-0.05, 0) is 35.9 Å². The van der Waals surface area contributed by atoms with Gasteiger partial charge in [0.25, 0.3) is 0 Å². The summed E-state index contributed by atoms with van der Waals surface area (Å²) in [7, 11) is 0. The lowest BCUT2D eigenvalue weighted by Crippen LogP contribution is -2.05. The first-order valence-corrected chi connectivity index (χ1v) is 5.77. The average Bonchev–Trinajstić information content (AvgIpc) is 2.35. The van der Waals surface area contributed by atoms with Crippen molar-refractivity contribution in [2.75, 3.05) is 5.73 Å². The fraction of sp³-hybridized carbons (Fsp3) is 0.0714. The molecule has 0 unspecified atom stereocenters. The highest BCUT2D eigenvalue weighted by Gasteiger charge is 2.12. The van der Waals surface area contributed by atoms with Crippen LogP contribution in [0.1, 0.15) is 15.9 Å². The Morgan fingerprint density at radius 2 is 1.83 bits per heavy atom. The van der Waals surface area contributed by atoms with Gasteiger partial charge < -0.3 is 5.73 Å². The summed E-state index contributed by atoms with van der Waals surface area (Å²) < 4.78 is 13.1. The van der Waals surface area contributed by atoms with E-state index >= 15 is 0 Å². The van der Waals surface area contributed by atoms with Crippen LogP contribution in [0, 0.1) is 5.82 Å². The van der Waals surface area contributed by atoms with Crippen LogP contribution in [0.4, 0.5) is 10.1 Å². The molecule has 0 saturated carbocycles. The van der Waals surface area contributed by atoms with Crippen molar-refractivity contribution in [3.63, 3.8) is 0 Å². The zero-order chi connectivity index (χ0) is 13.1. The van der Waals surface area contributed by atoms with Crippen LogP contribution in [0.5, 0.6) is 0 Å². The molecule has 0 aliphatic rings. The minimum absolute atomic E-state index is 0.170. The minimum Gasteiger partial charge on any atom is -0.399 e. The number of rotatable bonds is 3. The Kier molecular flexibility index (Phi) is 3.63. The lowest BCUT2D eigenvalue weighted by atomic mass is 10.0. The predicted molar refractivity (Wildman–Crippen MR) is 70.3 cm³/mol. The average molecular weight is 264 g/mol. The highest BCUT2D eigenvalue weighted by Crippen LogP contribution is 2.19. The van der Waals surface area contributed by atoms with E-state index in [1.54, 1.807) is 24.3 Å². The number of carbonyl (C=O) groups excluding carboxylic acids is 1. The van der Waals surface area contributed by atoms with E-state index < -0.39 is 5.82 Å². The SMILES string of the molecule is Nc1ccc(CC(=O)c2cc(F)ccc2Cl)cc1. The first-order valence-electron chi connectivity index (χ1n) is 5.39. The molecule has 2 rings (SSSR count). The van der Waals surface area contributed by atoms with E-state index in [0.717, 1.165) is 11.6 Å². The Morgan fingerprint density at radius 1 is 1.17 bits per heavy atom. The maximum Gasteiger partial charge on any atom is 0.168 e. The molecule has 0 bridgehead atoms. The maximum atomic E-state index is 13.1. The quantitative estimate of drug-likeness (QED) is 0.680. The van der Waals surface area contributed by atoms with Gasteiger partial charge in [-0.2, -0.15) is 0 Å². The van der Waals surface area contributed by atoms with Crippen LogP contribution >= 0.6 is 11.6 Å². The summed E-state index contributed by atoms with van der Waals surface area (Å²) in [4.78, 5) is 12.0. The van der Waals surface area contributed by atoms with Crippen molar-refractivity contribution < 1.29 is 9.18 Å². The van der Waals surface area contributed by atoms with Crippen molar-refractivity contribution >= 4 is 23.1 Å². The minimum atomic E-state index is -0.472. The summed E-state index contributed by atoms with van der Waals surface area (Å²) in [5.74, 6) is -0.690. The van der Waals surface area contributed by atoms with E-state index in [-0.39, 0.29) is 22.8 Å². The number of nitrogens with two attached hydrogens (primary N) is 1. The molecule has 0 atom stereocenters. The standard InChI is InChI=1S/C14H11ClFNO/c15-13-6-3-10(16)8-12(13)14(18)7-9-1-4-11(17)5-2-9/h1-6,8H,7,17H2. The summed E-state index contributed by atoms with van der Waals surface area (Å²) >= 11 is 5.88. The molecule has 0 aromatic heterocycles. The zero-order valence-electron chi connectivity index (χ0n) is 9.49. The van der Waals surface area contributed by atoms with Gasteiger partial charge >= 0.3 is 0 Å². The fourth-order valence-electron chi connectivity index (χ4n) is 1.63. The molecule has 2 nitrogen and oxygen atoms in total. The maximum absolute atomic E-state index is 13.1. The van der Waals surface area contributed by atoms with E-state index in [1.807, 2.05) is 0 Å². The molecule has 0 spiro atoms. The third-order valence-corrected chi connectivity index (χ3v) is 2.90. The molecular formula is C14H11ClFNO. The number of Topliss-reactive ketones (excluding diaryl/α,β-unsaturated/α-hetero) is 1. The number of ketones is 1. The van der Waals surface area contributed by atoms with Gasteiger partial charge in [-0.3, -0.25) is 4.79 Å². The number of nitrogen functional groups attached to an aromatic ring is 1. The van der Waals surface area contributed by atoms with E-state index in [2.05, 4.69) is 0 Å². The zero-order valence-corrected chi connectivity index (χ0v) is 10.2. The van der Waals surface area contributed by atoms with Crippen molar-refractivity contribution in [3.8, 4) is 0 Å². The van der Waals surface area contributed by atoms with Crippen molar-refractivity contribution in [1.29, 1.82) is 0 Å². The van der Waals surface area contributed by atoms with Crippen molar-refractivity contribution in [2.45, 2.75) is 6.42 Å². The summed E-state index contributed by atoms with van der Waals surface area (Å²) in [6.45, 7) is 0. The van der Waals surface area contributed by atoms with Gasteiger partial charge in [0.05, 0.1) is 5.02 Å². The summed E-state index contributed by atoms with van der Waals surface area (Å²) in [6.07, 6.45) is 0.170. The molecule has 92 valence electrons. The topological polar surface area (TPSA) is 43.1 Å². The van der Waals surface area contributed by atoms with Gasteiger partial charge in [0.15, 0.2) is 5.78 Å². The molecule has 0 radical (unpaired) electrons. The summed E-state index contributed by atoms with van der Waals surface area (Å²) in [6, 6.07) is 10.7. The van der Waals surface area contributed by atoms with Gasteiger partial charge in [-0.25, -0.2) is 4.39 Å². The Labute approximate surface area is 109 Å². The van der Waals surface area contributed by atoms with Crippen LogP contribution in [-0.4, -0.2) is 5.78 Å². The summed E-state index contributed by atoms with van der Waals surface area (Å²) in [5, 5.41) is 0.261. The molecule has 0 saturated heterocycles. The van der Waals surface area contributed by atoms with Crippen LogP contribution in [0.25, 0.3) is 0 Å². The van der Waals surface area contributed by atoms with Crippen LogP contribution in [0.2, 0.25) is 5.02 Å². The predicted octanol–water partition coefficient (Wildman–Crippen LogP) is 3.49. The molecule has 18 heavy (non-hydrogen) atoms. The number of hydrogen-bond donors (Lipinski definition) is 1. The molecule has 4 heteroatoms. The Hall–Kier alpha value is -1.87. The lowest BCUT2D eigenvalue weighted by Gasteiger charge is -2.04. The van der Waals surface area contributed by atoms with Gasteiger partial charge in [-0.15, -0.1) is 0 Å². The van der Waals surface area contributed by atoms with Crippen LogP contribution in [-0.2, 0) is 6.42 Å². The monoisotopic (exact) mass is 263 g/mol. The number of halogens is 2. The van der Waals surface area contributed by atoms with E-state index in [0.29, 0.717) is 5.69 Å². The van der Waals surface area contributed by atoms with Crippen LogP contribution < -0.4 is 5.73 Å². The highest BCUT2D eigenvalue weighted by atomic mass is 35.5. The van der Waals surface area contributed by atoms with Gasteiger partial charge in [0, 0.05) is 17.7 Å². The van der Waals surface area contributed by atoms with E-state index in [1.165, 1.54) is 12.1 Å². The second-order valence-electron chi connectivity index (χ2n) is 3.97. The fourth-order valence-corrected chi connectivity index (χ4v) is 1.85. The van der Waals surface area contributed by atoms with Crippen molar-refractivity contribution in [3.05, 3.63) is 64.4 Å². The van der Waals surface area contributed by atoms with E-state index in [4.69, 9.17) is 17.3 Å². The van der Waals surface area contributed by atoms with E-state index in [9.17, 15) is 9.18 Å². The van der Waals surface area contributed by atoms with Crippen molar-refractivity contribution in [1.82, 2.24) is 0 Å². The number of hydrogen-bond acceptors (Lipinski definition) is 2. The number of benzene rings is 2. The third-order valence-electron chi connectivity index (χ3n) is 2.57. The van der Waals surface area contributed by atoms with Gasteiger partial charge in [-0.1, -0.05) is 23.7 Å².